The Balaban J connectivity index is 1.85. The van der Waals surface area contributed by atoms with Gasteiger partial charge in [-0.2, -0.15) is 4.31 Å². The zero-order valence-electron chi connectivity index (χ0n) is 18.1. The normalized spacial score (nSPS) is 16.6. The van der Waals surface area contributed by atoms with Gasteiger partial charge in [-0.25, -0.2) is 8.42 Å². The Morgan fingerprint density at radius 3 is 2.23 bits per heavy atom. The molecular formula is C24H32N2O3S. The lowest BCUT2D eigenvalue weighted by molar-refractivity contribution is 0.0934. The quantitative estimate of drug-likeness (QED) is 0.722. The number of benzene rings is 2. The standard InChI is InChI=1S/C24H32N2O3S/c1-4-23(20-12-9-18(2)10-13-20)25-24(27)22-17-21(14-11-19(22)3)30(28,29)26-15-7-5-6-8-16-26/h9-14,17,23H,4-8,15-16H2,1-3H3,(H,25,27)/t23-/m0/s1. The Bertz CT molecular complexity index is 976. The Labute approximate surface area is 180 Å². The lowest BCUT2D eigenvalue weighted by Crippen LogP contribution is -2.32. The molecule has 2 aromatic rings. The van der Waals surface area contributed by atoms with Crippen LogP contribution in [0.25, 0.3) is 0 Å². The lowest BCUT2D eigenvalue weighted by Gasteiger charge is -2.21. The van der Waals surface area contributed by atoms with E-state index in [-0.39, 0.29) is 16.8 Å². The maximum absolute atomic E-state index is 13.2. The zero-order valence-corrected chi connectivity index (χ0v) is 19.0. The van der Waals surface area contributed by atoms with Crippen molar-refractivity contribution in [1.29, 1.82) is 0 Å². The monoisotopic (exact) mass is 428 g/mol. The van der Waals surface area contributed by atoms with Crippen molar-refractivity contribution in [2.45, 2.75) is 63.8 Å². The SMILES string of the molecule is CC[C@H](NC(=O)c1cc(S(=O)(=O)N2CCCCCC2)ccc1C)c1ccc(C)cc1. The first kappa shape index (κ1) is 22.5. The van der Waals surface area contributed by atoms with E-state index >= 15 is 0 Å². The summed E-state index contributed by atoms with van der Waals surface area (Å²) in [6.45, 7) is 6.98. The molecule has 0 radical (unpaired) electrons. The van der Waals surface area contributed by atoms with E-state index in [2.05, 4.69) is 5.32 Å². The summed E-state index contributed by atoms with van der Waals surface area (Å²) in [5, 5.41) is 3.08. The first-order valence-electron chi connectivity index (χ1n) is 10.8. The second-order valence-corrected chi connectivity index (χ2v) is 10.1. The van der Waals surface area contributed by atoms with Crippen molar-refractivity contribution in [2.75, 3.05) is 13.1 Å². The predicted molar refractivity (Wildman–Crippen MR) is 120 cm³/mol. The molecule has 1 aliphatic heterocycles. The van der Waals surface area contributed by atoms with Gasteiger partial charge in [-0.1, -0.05) is 55.7 Å². The maximum atomic E-state index is 13.2. The molecule has 1 amide bonds. The van der Waals surface area contributed by atoms with Crippen LogP contribution in [-0.2, 0) is 10.0 Å². The maximum Gasteiger partial charge on any atom is 0.252 e. The van der Waals surface area contributed by atoms with Gasteiger partial charge < -0.3 is 5.32 Å². The topological polar surface area (TPSA) is 66.5 Å². The third-order valence-electron chi connectivity index (χ3n) is 5.85. The second kappa shape index (κ2) is 9.75. The molecule has 0 aromatic heterocycles. The molecule has 5 nitrogen and oxygen atoms in total. The van der Waals surface area contributed by atoms with Crippen molar-refractivity contribution in [1.82, 2.24) is 9.62 Å². The van der Waals surface area contributed by atoms with Crippen LogP contribution in [0, 0.1) is 13.8 Å². The van der Waals surface area contributed by atoms with Crippen LogP contribution in [0.3, 0.4) is 0 Å². The number of carbonyl (C=O) groups excluding carboxylic acids is 1. The number of sulfonamides is 1. The van der Waals surface area contributed by atoms with Crippen LogP contribution >= 0.6 is 0 Å². The molecule has 0 unspecified atom stereocenters. The summed E-state index contributed by atoms with van der Waals surface area (Å²) in [6.07, 6.45) is 4.63. The fraction of sp³-hybridized carbons (Fsp3) is 0.458. The van der Waals surface area contributed by atoms with Crippen LogP contribution in [0.2, 0.25) is 0 Å². The molecule has 2 aromatic carbocycles. The van der Waals surface area contributed by atoms with Gasteiger partial charge in [-0.05, 0) is 56.4 Å². The highest BCUT2D eigenvalue weighted by Crippen LogP contribution is 2.24. The summed E-state index contributed by atoms with van der Waals surface area (Å²) in [6, 6.07) is 12.9. The molecule has 6 heteroatoms. The highest BCUT2D eigenvalue weighted by Gasteiger charge is 2.26. The van der Waals surface area contributed by atoms with Gasteiger partial charge in [0, 0.05) is 18.7 Å². The number of hydrogen-bond acceptors (Lipinski definition) is 3. The fourth-order valence-corrected chi connectivity index (χ4v) is 5.44. The first-order chi connectivity index (χ1) is 14.3. The highest BCUT2D eigenvalue weighted by molar-refractivity contribution is 7.89. The fourth-order valence-electron chi connectivity index (χ4n) is 3.89. The van der Waals surface area contributed by atoms with Crippen LogP contribution in [-0.4, -0.2) is 31.7 Å². The average molecular weight is 429 g/mol. The molecule has 1 atom stereocenters. The molecule has 1 saturated heterocycles. The summed E-state index contributed by atoms with van der Waals surface area (Å²) < 4.78 is 27.9. The number of aryl methyl sites for hydroxylation is 2. The minimum atomic E-state index is -3.60. The van der Waals surface area contributed by atoms with E-state index in [0.29, 0.717) is 18.7 Å². The van der Waals surface area contributed by atoms with Gasteiger partial charge in [0.05, 0.1) is 10.9 Å². The number of nitrogens with zero attached hydrogens (tertiary/aromatic N) is 1. The van der Waals surface area contributed by atoms with Crippen LogP contribution in [0.4, 0.5) is 0 Å². The average Bonchev–Trinajstić information content (AvgIpc) is 3.03. The van der Waals surface area contributed by atoms with Crippen LogP contribution in [0.15, 0.2) is 47.4 Å². The molecule has 1 fully saturated rings. The summed E-state index contributed by atoms with van der Waals surface area (Å²) >= 11 is 0. The van der Waals surface area contributed by atoms with E-state index in [1.165, 1.54) is 11.6 Å². The van der Waals surface area contributed by atoms with Crippen LogP contribution in [0.5, 0.6) is 0 Å². The highest BCUT2D eigenvalue weighted by atomic mass is 32.2. The number of rotatable bonds is 6. The van der Waals surface area contributed by atoms with E-state index in [0.717, 1.165) is 43.2 Å². The smallest absolute Gasteiger partial charge is 0.252 e. The van der Waals surface area contributed by atoms with Crippen molar-refractivity contribution >= 4 is 15.9 Å². The van der Waals surface area contributed by atoms with Crippen molar-refractivity contribution in [3.05, 3.63) is 64.7 Å². The minimum absolute atomic E-state index is 0.122. The zero-order chi connectivity index (χ0) is 21.7. The third-order valence-corrected chi connectivity index (χ3v) is 7.74. The summed E-state index contributed by atoms with van der Waals surface area (Å²) in [7, 11) is -3.60. The Morgan fingerprint density at radius 1 is 1.00 bits per heavy atom. The number of hydrogen-bond donors (Lipinski definition) is 1. The second-order valence-electron chi connectivity index (χ2n) is 8.14. The van der Waals surface area contributed by atoms with Gasteiger partial charge in [0.15, 0.2) is 0 Å². The van der Waals surface area contributed by atoms with Gasteiger partial charge in [-0.3, -0.25) is 4.79 Å². The van der Waals surface area contributed by atoms with Gasteiger partial charge in [0.2, 0.25) is 10.0 Å². The minimum Gasteiger partial charge on any atom is -0.345 e. The molecule has 1 N–H and O–H groups in total. The number of nitrogens with one attached hydrogen (secondary N) is 1. The summed E-state index contributed by atoms with van der Waals surface area (Å²) in [4.78, 5) is 13.3. The summed E-state index contributed by atoms with van der Waals surface area (Å²) in [5.41, 5.74) is 3.39. The Hall–Kier alpha value is -2.18. The predicted octanol–water partition coefficient (Wildman–Crippen LogP) is 4.75. The van der Waals surface area contributed by atoms with E-state index in [4.69, 9.17) is 0 Å². The number of carbonyl (C=O) groups is 1. The van der Waals surface area contributed by atoms with E-state index < -0.39 is 10.0 Å². The van der Waals surface area contributed by atoms with Gasteiger partial charge >= 0.3 is 0 Å². The molecule has 0 spiro atoms. The first-order valence-corrected chi connectivity index (χ1v) is 12.2. The molecule has 162 valence electrons. The Morgan fingerprint density at radius 2 is 1.63 bits per heavy atom. The van der Waals surface area contributed by atoms with Gasteiger partial charge in [0.1, 0.15) is 0 Å². The van der Waals surface area contributed by atoms with Crippen molar-refractivity contribution in [3.63, 3.8) is 0 Å². The Kier molecular flexibility index (Phi) is 7.32. The van der Waals surface area contributed by atoms with Crippen molar-refractivity contribution in [3.8, 4) is 0 Å². The van der Waals surface area contributed by atoms with Crippen molar-refractivity contribution in [2.24, 2.45) is 0 Å². The van der Waals surface area contributed by atoms with E-state index in [1.807, 2.05) is 45.0 Å². The lowest BCUT2D eigenvalue weighted by atomic mass is 10.0. The van der Waals surface area contributed by atoms with Crippen molar-refractivity contribution < 1.29 is 13.2 Å². The molecule has 0 bridgehead atoms. The number of amides is 1. The molecular weight excluding hydrogens is 396 g/mol. The van der Waals surface area contributed by atoms with Crippen LogP contribution < -0.4 is 5.32 Å². The van der Waals surface area contributed by atoms with E-state index in [9.17, 15) is 13.2 Å². The summed E-state index contributed by atoms with van der Waals surface area (Å²) in [5.74, 6) is -0.243. The largest absolute Gasteiger partial charge is 0.345 e. The molecule has 30 heavy (non-hydrogen) atoms. The van der Waals surface area contributed by atoms with Gasteiger partial charge in [0.25, 0.3) is 5.91 Å². The molecule has 0 aliphatic carbocycles. The molecule has 3 rings (SSSR count). The van der Waals surface area contributed by atoms with Crippen LogP contribution in [0.1, 0.15) is 72.1 Å². The molecule has 1 heterocycles. The molecule has 0 saturated carbocycles. The van der Waals surface area contributed by atoms with Gasteiger partial charge in [-0.15, -0.1) is 0 Å². The third kappa shape index (κ3) is 5.10. The van der Waals surface area contributed by atoms with E-state index in [1.54, 1.807) is 16.4 Å². The molecule has 1 aliphatic rings.